The fourth-order valence-electron chi connectivity index (χ4n) is 2.93. The lowest BCUT2D eigenvalue weighted by Gasteiger charge is -2.32. The van der Waals surface area contributed by atoms with E-state index in [9.17, 15) is 4.79 Å². The number of aryl methyl sites for hydroxylation is 1. The summed E-state index contributed by atoms with van der Waals surface area (Å²) in [6, 6.07) is 10.2. The molecule has 1 amide bonds. The van der Waals surface area contributed by atoms with E-state index in [1.165, 1.54) is 5.56 Å². The lowest BCUT2D eigenvalue weighted by molar-refractivity contribution is -0.140. The van der Waals surface area contributed by atoms with E-state index in [1.807, 2.05) is 42.0 Å². The van der Waals surface area contributed by atoms with E-state index in [1.54, 1.807) is 0 Å². The number of likely N-dealkylation sites (N-methyl/N-ethyl adjacent to an activating group) is 1. The number of nitrogens with one attached hydrogen (secondary N) is 1. The normalized spacial score (nSPS) is 17.9. The topological polar surface area (TPSA) is 74.3 Å². The van der Waals surface area contributed by atoms with Gasteiger partial charge < -0.3 is 9.64 Å². The molecule has 1 aliphatic heterocycles. The Balaban J connectivity index is 1.54. The highest BCUT2D eigenvalue weighted by atomic mass is 16.5. The van der Waals surface area contributed by atoms with Gasteiger partial charge in [0.1, 0.15) is 11.9 Å². The second kappa shape index (κ2) is 8.22. The molecule has 1 saturated heterocycles. The Bertz CT molecular complexity index is 688. The number of aromatic nitrogens is 3. The zero-order valence-electron chi connectivity index (χ0n) is 14.8. The van der Waals surface area contributed by atoms with Crippen LogP contribution in [0.3, 0.4) is 0 Å². The maximum Gasteiger partial charge on any atom is 0.236 e. The molecular formula is C18H25N5O2. The van der Waals surface area contributed by atoms with E-state index in [2.05, 4.69) is 27.3 Å². The first kappa shape index (κ1) is 17.6. The number of hydrogen-bond donors (Lipinski definition) is 1. The van der Waals surface area contributed by atoms with Crippen molar-refractivity contribution in [2.75, 3.05) is 33.3 Å². The van der Waals surface area contributed by atoms with Crippen molar-refractivity contribution in [1.82, 2.24) is 25.0 Å². The number of carbonyl (C=O) groups excluding carboxylic acids is 1. The van der Waals surface area contributed by atoms with Crippen molar-refractivity contribution >= 4 is 5.91 Å². The smallest absolute Gasteiger partial charge is 0.236 e. The molecule has 7 nitrogen and oxygen atoms in total. The SMILES string of the molecule is CCc1nc(C2CN(C(=O)CN(C)Cc3ccccc3)CCO2)n[nH]1. The Hall–Kier alpha value is -2.25. The first-order chi connectivity index (χ1) is 12.2. The van der Waals surface area contributed by atoms with Crippen molar-refractivity contribution < 1.29 is 9.53 Å². The van der Waals surface area contributed by atoms with Gasteiger partial charge in [-0.1, -0.05) is 37.3 Å². The van der Waals surface area contributed by atoms with E-state index in [0.29, 0.717) is 32.1 Å². The first-order valence-electron chi connectivity index (χ1n) is 8.68. The minimum atomic E-state index is -0.256. The Morgan fingerprint density at radius 1 is 1.40 bits per heavy atom. The number of morpholine rings is 1. The fourth-order valence-corrected chi connectivity index (χ4v) is 2.93. The third-order valence-corrected chi connectivity index (χ3v) is 4.29. The fraction of sp³-hybridized carbons (Fsp3) is 0.500. The predicted molar refractivity (Wildman–Crippen MR) is 93.8 cm³/mol. The van der Waals surface area contributed by atoms with Crippen LogP contribution in [0.1, 0.15) is 30.2 Å². The Labute approximate surface area is 148 Å². The molecule has 7 heteroatoms. The molecule has 134 valence electrons. The van der Waals surface area contributed by atoms with Crippen LogP contribution in [0.15, 0.2) is 30.3 Å². The number of aromatic amines is 1. The number of ether oxygens (including phenoxy) is 1. The molecule has 0 radical (unpaired) electrons. The summed E-state index contributed by atoms with van der Waals surface area (Å²) < 4.78 is 5.75. The van der Waals surface area contributed by atoms with Crippen LogP contribution in [0.4, 0.5) is 0 Å². The lowest BCUT2D eigenvalue weighted by atomic mass is 10.2. The summed E-state index contributed by atoms with van der Waals surface area (Å²) in [5, 5.41) is 7.12. The van der Waals surface area contributed by atoms with Crippen LogP contribution >= 0.6 is 0 Å². The quantitative estimate of drug-likeness (QED) is 0.858. The van der Waals surface area contributed by atoms with Gasteiger partial charge in [-0.05, 0) is 12.6 Å². The van der Waals surface area contributed by atoms with Crippen LogP contribution in [-0.2, 0) is 22.5 Å². The van der Waals surface area contributed by atoms with Crippen LogP contribution in [0, 0.1) is 0 Å². The Kier molecular flexibility index (Phi) is 5.78. The van der Waals surface area contributed by atoms with Gasteiger partial charge >= 0.3 is 0 Å². The number of H-pyrrole nitrogens is 1. The molecule has 1 aromatic carbocycles. The van der Waals surface area contributed by atoms with Gasteiger partial charge in [-0.15, -0.1) is 0 Å². The molecule has 0 spiro atoms. The van der Waals surface area contributed by atoms with E-state index < -0.39 is 0 Å². The van der Waals surface area contributed by atoms with E-state index in [4.69, 9.17) is 4.74 Å². The lowest BCUT2D eigenvalue weighted by Crippen LogP contribution is -2.46. The van der Waals surface area contributed by atoms with Crippen molar-refractivity contribution in [1.29, 1.82) is 0 Å². The summed E-state index contributed by atoms with van der Waals surface area (Å²) in [6.45, 7) is 4.77. The van der Waals surface area contributed by atoms with Crippen LogP contribution in [0.2, 0.25) is 0 Å². The predicted octanol–water partition coefficient (Wildman–Crippen LogP) is 1.40. The maximum absolute atomic E-state index is 12.6. The number of carbonyl (C=O) groups is 1. The second-order valence-corrected chi connectivity index (χ2v) is 6.35. The molecule has 1 N–H and O–H groups in total. The van der Waals surface area contributed by atoms with Crippen LogP contribution in [0.5, 0.6) is 0 Å². The monoisotopic (exact) mass is 343 g/mol. The number of amides is 1. The summed E-state index contributed by atoms with van der Waals surface area (Å²) in [6.07, 6.45) is 0.542. The third-order valence-electron chi connectivity index (χ3n) is 4.29. The molecule has 25 heavy (non-hydrogen) atoms. The van der Waals surface area contributed by atoms with Crippen molar-refractivity contribution in [3.8, 4) is 0 Å². The second-order valence-electron chi connectivity index (χ2n) is 6.35. The van der Waals surface area contributed by atoms with Gasteiger partial charge in [0.05, 0.1) is 19.7 Å². The van der Waals surface area contributed by atoms with Gasteiger partial charge in [-0.2, -0.15) is 5.10 Å². The minimum Gasteiger partial charge on any atom is -0.366 e. The van der Waals surface area contributed by atoms with Crippen LogP contribution in [0.25, 0.3) is 0 Å². The summed E-state index contributed by atoms with van der Waals surface area (Å²) in [5.41, 5.74) is 1.20. The molecule has 1 unspecified atom stereocenters. The molecule has 0 bridgehead atoms. The van der Waals surface area contributed by atoms with E-state index >= 15 is 0 Å². The molecule has 3 rings (SSSR count). The van der Waals surface area contributed by atoms with E-state index in [-0.39, 0.29) is 12.0 Å². The molecule has 1 aromatic heterocycles. The summed E-state index contributed by atoms with van der Waals surface area (Å²) in [5.74, 6) is 1.58. The highest BCUT2D eigenvalue weighted by Crippen LogP contribution is 2.19. The molecule has 0 aliphatic carbocycles. The molecule has 0 saturated carbocycles. The van der Waals surface area contributed by atoms with Gasteiger partial charge in [-0.3, -0.25) is 14.8 Å². The van der Waals surface area contributed by atoms with Gasteiger partial charge in [0.25, 0.3) is 0 Å². The van der Waals surface area contributed by atoms with Gasteiger partial charge in [0.2, 0.25) is 5.91 Å². The van der Waals surface area contributed by atoms with Crippen LogP contribution in [-0.4, -0.2) is 64.2 Å². The molecule has 2 heterocycles. The Morgan fingerprint density at radius 3 is 2.92 bits per heavy atom. The average molecular weight is 343 g/mol. The largest absolute Gasteiger partial charge is 0.366 e. The number of nitrogens with zero attached hydrogens (tertiary/aromatic N) is 4. The molecule has 1 atom stereocenters. The Morgan fingerprint density at radius 2 is 2.20 bits per heavy atom. The molecule has 2 aromatic rings. The van der Waals surface area contributed by atoms with Crippen molar-refractivity contribution in [3.63, 3.8) is 0 Å². The van der Waals surface area contributed by atoms with Crippen molar-refractivity contribution in [3.05, 3.63) is 47.5 Å². The number of hydrogen-bond acceptors (Lipinski definition) is 5. The van der Waals surface area contributed by atoms with Crippen molar-refractivity contribution in [2.24, 2.45) is 0 Å². The van der Waals surface area contributed by atoms with E-state index in [0.717, 1.165) is 18.8 Å². The highest BCUT2D eigenvalue weighted by Gasteiger charge is 2.28. The van der Waals surface area contributed by atoms with Gasteiger partial charge in [0, 0.05) is 19.5 Å². The summed E-state index contributed by atoms with van der Waals surface area (Å²) >= 11 is 0. The molecule has 1 fully saturated rings. The van der Waals surface area contributed by atoms with Gasteiger partial charge in [0.15, 0.2) is 5.82 Å². The molecular weight excluding hydrogens is 318 g/mol. The molecule has 1 aliphatic rings. The average Bonchev–Trinajstić information content (AvgIpc) is 3.12. The number of rotatable bonds is 6. The summed E-state index contributed by atoms with van der Waals surface area (Å²) in [7, 11) is 1.96. The van der Waals surface area contributed by atoms with Crippen LogP contribution < -0.4 is 0 Å². The third kappa shape index (κ3) is 4.64. The highest BCUT2D eigenvalue weighted by molar-refractivity contribution is 5.78. The first-order valence-corrected chi connectivity index (χ1v) is 8.68. The van der Waals surface area contributed by atoms with Crippen molar-refractivity contribution in [2.45, 2.75) is 26.0 Å². The summed E-state index contributed by atoms with van der Waals surface area (Å²) in [4.78, 5) is 20.9. The number of benzene rings is 1. The van der Waals surface area contributed by atoms with Gasteiger partial charge in [-0.25, -0.2) is 4.98 Å². The maximum atomic E-state index is 12.6. The zero-order valence-corrected chi connectivity index (χ0v) is 14.8. The minimum absolute atomic E-state index is 0.109. The zero-order chi connectivity index (χ0) is 17.6. The standard InChI is InChI=1S/C18H25N5O2/c1-3-16-19-18(21-20-16)15-12-23(9-10-25-15)17(24)13-22(2)11-14-7-5-4-6-8-14/h4-8,15H,3,9-13H2,1-2H3,(H,19,20,21).